The molecule has 128 valence electrons. The van der Waals surface area contributed by atoms with Crippen LogP contribution in [0.2, 0.25) is 0 Å². The molecule has 0 saturated carbocycles. The van der Waals surface area contributed by atoms with E-state index >= 15 is 0 Å². The average molecular weight is 336 g/mol. The first-order valence-corrected chi connectivity index (χ1v) is 7.92. The third-order valence-electron chi connectivity index (χ3n) is 3.87. The number of carbonyl (C=O) groups is 1. The minimum absolute atomic E-state index is 0.104. The van der Waals surface area contributed by atoms with Crippen LogP contribution >= 0.6 is 0 Å². The van der Waals surface area contributed by atoms with Crippen molar-refractivity contribution in [3.63, 3.8) is 0 Å². The zero-order chi connectivity index (χ0) is 17.6. The van der Waals surface area contributed by atoms with E-state index in [0.717, 1.165) is 22.2 Å². The second kappa shape index (κ2) is 7.53. The van der Waals surface area contributed by atoms with Crippen LogP contribution in [0.1, 0.15) is 5.56 Å². The van der Waals surface area contributed by atoms with Gasteiger partial charge in [-0.15, -0.1) is 0 Å². The smallest absolute Gasteiger partial charge is 0.259 e. The summed E-state index contributed by atoms with van der Waals surface area (Å²) in [6.45, 7) is 0.104. The van der Waals surface area contributed by atoms with Crippen molar-refractivity contribution >= 4 is 28.7 Å². The fraction of sp³-hybridized carbons (Fsp3) is 0.158. The molecule has 0 bridgehead atoms. The predicted octanol–water partition coefficient (Wildman–Crippen LogP) is 2.75. The van der Waals surface area contributed by atoms with Gasteiger partial charge >= 0.3 is 0 Å². The maximum Gasteiger partial charge on any atom is 0.259 e. The number of fused-ring (bicyclic) bond motifs is 1. The fourth-order valence-electron chi connectivity index (χ4n) is 2.66. The highest BCUT2D eigenvalue weighted by Crippen LogP contribution is 2.22. The fourth-order valence-corrected chi connectivity index (χ4v) is 2.66. The summed E-state index contributed by atoms with van der Waals surface area (Å²) in [5.74, 6) is 0.456. The number of aryl methyl sites for hydroxylation is 1. The molecule has 0 atom stereocenters. The van der Waals surface area contributed by atoms with Crippen LogP contribution in [0.4, 0.5) is 5.69 Å². The Labute approximate surface area is 146 Å². The van der Waals surface area contributed by atoms with Gasteiger partial charge in [0.25, 0.3) is 5.91 Å². The first-order chi connectivity index (χ1) is 12.2. The first kappa shape index (κ1) is 16.6. The molecular weight excluding hydrogens is 316 g/mol. The summed E-state index contributed by atoms with van der Waals surface area (Å²) in [5.41, 5.74) is 5.37. The van der Waals surface area contributed by atoms with Gasteiger partial charge in [0.15, 0.2) is 0 Å². The lowest BCUT2D eigenvalue weighted by molar-refractivity contribution is -0.119. The minimum atomic E-state index is -0.234. The molecule has 1 aromatic heterocycles. The van der Waals surface area contributed by atoms with Crippen LogP contribution in [0.15, 0.2) is 59.8 Å². The molecule has 25 heavy (non-hydrogen) atoms. The van der Waals surface area contributed by atoms with Crippen LogP contribution in [0.3, 0.4) is 0 Å². The second-order valence-corrected chi connectivity index (χ2v) is 5.56. The summed E-state index contributed by atoms with van der Waals surface area (Å²) in [7, 11) is 3.57. The number of ether oxygens (including phenoxy) is 1. The van der Waals surface area contributed by atoms with Crippen molar-refractivity contribution in [3.05, 3.63) is 60.3 Å². The third kappa shape index (κ3) is 3.80. The average Bonchev–Trinajstić information content (AvgIpc) is 2.96. The molecule has 0 unspecified atom stereocenters. The minimum Gasteiger partial charge on any atom is -0.495 e. The number of hydrogen-bond donors (Lipinski definition) is 2. The second-order valence-electron chi connectivity index (χ2n) is 5.56. The number of para-hydroxylation sites is 3. The summed E-state index contributed by atoms with van der Waals surface area (Å²) in [6, 6.07) is 15.5. The van der Waals surface area contributed by atoms with Gasteiger partial charge in [-0.25, -0.2) is 5.43 Å². The molecule has 6 nitrogen and oxygen atoms in total. The van der Waals surface area contributed by atoms with Gasteiger partial charge in [-0.1, -0.05) is 30.3 Å². The number of nitrogens with one attached hydrogen (secondary N) is 2. The Morgan fingerprint density at radius 3 is 2.80 bits per heavy atom. The lowest BCUT2D eigenvalue weighted by Gasteiger charge is -2.09. The van der Waals surface area contributed by atoms with E-state index in [2.05, 4.69) is 15.8 Å². The normalized spacial score (nSPS) is 11.0. The van der Waals surface area contributed by atoms with E-state index in [1.165, 1.54) is 0 Å². The molecule has 0 spiro atoms. The highest BCUT2D eigenvalue weighted by molar-refractivity contribution is 5.99. The molecule has 6 heteroatoms. The first-order valence-electron chi connectivity index (χ1n) is 7.92. The van der Waals surface area contributed by atoms with E-state index in [9.17, 15) is 4.79 Å². The molecule has 0 aliphatic heterocycles. The van der Waals surface area contributed by atoms with Crippen LogP contribution in [-0.4, -0.2) is 30.3 Å². The molecule has 3 rings (SSSR count). The number of carbonyl (C=O) groups excluding carboxylic acids is 1. The van der Waals surface area contributed by atoms with Crippen molar-refractivity contribution in [2.45, 2.75) is 0 Å². The summed E-state index contributed by atoms with van der Waals surface area (Å²) in [6.07, 6.45) is 3.64. The van der Waals surface area contributed by atoms with E-state index < -0.39 is 0 Å². The Bertz CT molecular complexity index is 915. The molecule has 2 N–H and O–H groups in total. The molecule has 3 aromatic rings. The molecule has 2 aromatic carbocycles. The highest BCUT2D eigenvalue weighted by atomic mass is 16.5. The van der Waals surface area contributed by atoms with Gasteiger partial charge in [0, 0.05) is 29.7 Å². The lowest BCUT2D eigenvalue weighted by atomic mass is 10.2. The predicted molar refractivity (Wildman–Crippen MR) is 100 cm³/mol. The molecule has 1 heterocycles. The van der Waals surface area contributed by atoms with Gasteiger partial charge in [0.2, 0.25) is 0 Å². The van der Waals surface area contributed by atoms with Crippen LogP contribution in [0, 0.1) is 0 Å². The molecule has 1 amide bonds. The van der Waals surface area contributed by atoms with Gasteiger partial charge in [0.05, 0.1) is 25.6 Å². The van der Waals surface area contributed by atoms with Crippen molar-refractivity contribution in [1.29, 1.82) is 0 Å². The Morgan fingerprint density at radius 1 is 1.20 bits per heavy atom. The number of hydrazone groups is 1. The van der Waals surface area contributed by atoms with E-state index in [-0.39, 0.29) is 12.5 Å². The Kier molecular flexibility index (Phi) is 4.99. The van der Waals surface area contributed by atoms with Crippen molar-refractivity contribution in [3.8, 4) is 5.75 Å². The largest absolute Gasteiger partial charge is 0.495 e. The maximum atomic E-state index is 11.9. The number of benzene rings is 2. The molecule has 0 aliphatic rings. The van der Waals surface area contributed by atoms with Gasteiger partial charge in [-0.3, -0.25) is 4.79 Å². The van der Waals surface area contributed by atoms with E-state index in [1.54, 1.807) is 13.3 Å². The number of anilines is 1. The topological polar surface area (TPSA) is 67.7 Å². The van der Waals surface area contributed by atoms with Crippen LogP contribution in [0.5, 0.6) is 5.75 Å². The number of rotatable bonds is 6. The van der Waals surface area contributed by atoms with Crippen LogP contribution in [0.25, 0.3) is 10.9 Å². The van der Waals surface area contributed by atoms with Gasteiger partial charge in [0.1, 0.15) is 5.75 Å². The van der Waals surface area contributed by atoms with Gasteiger partial charge < -0.3 is 14.6 Å². The molecule has 0 fully saturated rings. The third-order valence-corrected chi connectivity index (χ3v) is 3.87. The SMILES string of the molecule is COc1ccccc1NCC(=O)NN=Cc1cn(C)c2ccccc12. The summed E-state index contributed by atoms with van der Waals surface area (Å²) >= 11 is 0. The van der Waals surface area contributed by atoms with Crippen molar-refractivity contribution in [2.75, 3.05) is 19.0 Å². The summed E-state index contributed by atoms with van der Waals surface area (Å²) in [4.78, 5) is 11.9. The standard InChI is InChI=1S/C19H20N4O2/c1-23-13-14(15-7-3-5-9-17(15)23)11-21-22-19(24)12-20-16-8-4-6-10-18(16)25-2/h3-11,13,20H,12H2,1-2H3,(H,22,24). The van der Waals surface area contributed by atoms with Crippen LogP contribution in [-0.2, 0) is 11.8 Å². The Balaban J connectivity index is 1.59. The quantitative estimate of drug-likeness (QED) is 0.537. The van der Waals surface area contributed by atoms with Crippen molar-refractivity contribution in [2.24, 2.45) is 12.1 Å². The zero-order valence-corrected chi connectivity index (χ0v) is 14.2. The summed E-state index contributed by atoms with van der Waals surface area (Å²) < 4.78 is 7.26. The molecule has 0 saturated heterocycles. The molecule has 0 aliphatic carbocycles. The molecule has 0 radical (unpaired) electrons. The Morgan fingerprint density at radius 2 is 1.96 bits per heavy atom. The monoisotopic (exact) mass is 336 g/mol. The van der Waals surface area contributed by atoms with E-state index in [1.807, 2.05) is 66.3 Å². The Hall–Kier alpha value is -3.28. The van der Waals surface area contributed by atoms with Crippen molar-refractivity contribution < 1.29 is 9.53 Å². The van der Waals surface area contributed by atoms with E-state index in [0.29, 0.717) is 5.75 Å². The number of methoxy groups -OCH3 is 1. The number of nitrogens with zero attached hydrogens (tertiary/aromatic N) is 2. The van der Waals surface area contributed by atoms with Gasteiger partial charge in [-0.05, 0) is 18.2 Å². The number of hydrogen-bond acceptors (Lipinski definition) is 4. The van der Waals surface area contributed by atoms with Crippen LogP contribution < -0.4 is 15.5 Å². The lowest BCUT2D eigenvalue weighted by Crippen LogP contribution is -2.26. The zero-order valence-electron chi connectivity index (χ0n) is 14.2. The number of amides is 1. The summed E-state index contributed by atoms with van der Waals surface area (Å²) in [5, 5.41) is 8.17. The van der Waals surface area contributed by atoms with E-state index in [4.69, 9.17) is 4.74 Å². The van der Waals surface area contributed by atoms with Crippen molar-refractivity contribution in [1.82, 2.24) is 9.99 Å². The number of aromatic nitrogens is 1. The van der Waals surface area contributed by atoms with Gasteiger partial charge in [-0.2, -0.15) is 5.10 Å². The highest BCUT2D eigenvalue weighted by Gasteiger charge is 2.05. The maximum absolute atomic E-state index is 11.9. The molecular formula is C19H20N4O2.